The first-order valence-corrected chi connectivity index (χ1v) is 9.69. The van der Waals surface area contributed by atoms with Crippen LogP contribution in [0, 0.1) is 48.5 Å². The minimum absolute atomic E-state index is 1.29. The van der Waals surface area contributed by atoms with Crippen molar-refractivity contribution in [3.05, 3.63) is 63.2 Å². The van der Waals surface area contributed by atoms with Crippen molar-refractivity contribution in [3.8, 4) is 0 Å². The second-order valence-electron chi connectivity index (χ2n) is 5.95. The van der Waals surface area contributed by atoms with Crippen molar-refractivity contribution in [1.29, 1.82) is 0 Å². The summed E-state index contributed by atoms with van der Waals surface area (Å²) in [5.74, 6) is 0. The van der Waals surface area contributed by atoms with Gasteiger partial charge in [0.05, 0.1) is 0 Å². The van der Waals surface area contributed by atoms with E-state index in [4.69, 9.17) is 0 Å². The van der Waals surface area contributed by atoms with Gasteiger partial charge < -0.3 is 0 Å². The summed E-state index contributed by atoms with van der Waals surface area (Å²) >= 11 is 0. The molecule has 0 atom stereocenters. The molecule has 1 heteroatoms. The highest BCUT2D eigenvalue weighted by atomic mass is 14.1. The van der Waals surface area contributed by atoms with Gasteiger partial charge in [0.2, 0.25) is 0 Å². The molecule has 0 unspecified atom stereocenters. The van der Waals surface area contributed by atoms with E-state index in [2.05, 4.69) is 80.0 Å². The molecule has 25 heavy (non-hydrogen) atoms. The van der Waals surface area contributed by atoms with Gasteiger partial charge in [-0.25, -0.2) is 0 Å². The van der Waals surface area contributed by atoms with Crippen LogP contribution >= 0.6 is 0 Å². The maximum Gasteiger partial charge on any atom is 0.148 e. The van der Waals surface area contributed by atoms with Gasteiger partial charge in [-0.1, -0.05) is 69.8 Å². The van der Waals surface area contributed by atoms with E-state index in [1.165, 1.54) is 44.4 Å². The van der Waals surface area contributed by atoms with Crippen LogP contribution in [-0.2, 0) is 0 Å². The third-order valence-electron chi connectivity index (χ3n) is 4.79. The minimum atomic E-state index is 1.29. The Bertz CT molecular complexity index is 502. The fourth-order valence-corrected chi connectivity index (χ4v) is 2.45. The largest absolute Gasteiger partial charge is 0.148 e. The van der Waals surface area contributed by atoms with E-state index in [0.29, 0.717) is 0 Å². The third kappa shape index (κ3) is 7.95. The van der Waals surface area contributed by atoms with Crippen LogP contribution in [0.1, 0.15) is 66.6 Å². The van der Waals surface area contributed by atoms with Crippen LogP contribution in [0.25, 0.3) is 0 Å². The summed E-state index contributed by atoms with van der Waals surface area (Å²) in [6, 6.07) is 8.48. The second-order valence-corrected chi connectivity index (χ2v) is 5.95. The number of rotatable bonds is 1. The van der Waals surface area contributed by atoms with E-state index in [1.54, 1.807) is 0 Å². The minimum Gasteiger partial charge on any atom is -0.0881 e. The zero-order valence-corrected chi connectivity index (χ0v) is 18.9. The van der Waals surface area contributed by atoms with Crippen molar-refractivity contribution in [3.63, 3.8) is 0 Å². The molecule has 0 heterocycles. The van der Waals surface area contributed by atoms with Crippen LogP contribution in [0.15, 0.2) is 24.3 Å². The van der Waals surface area contributed by atoms with Crippen LogP contribution in [0.4, 0.5) is 0 Å². The Kier molecular flexibility index (Phi) is 14.2. The van der Waals surface area contributed by atoms with E-state index in [-0.39, 0.29) is 0 Å². The lowest BCUT2D eigenvalue weighted by Crippen LogP contribution is -2.08. The molecule has 0 aromatic heterocycles. The van der Waals surface area contributed by atoms with Crippen LogP contribution in [0.2, 0.25) is 6.82 Å². The van der Waals surface area contributed by atoms with Crippen molar-refractivity contribution in [1.82, 2.24) is 0 Å². The maximum absolute atomic E-state index is 2.21. The lowest BCUT2D eigenvalue weighted by atomic mass is 9.73. The third-order valence-corrected chi connectivity index (χ3v) is 4.79. The van der Waals surface area contributed by atoms with E-state index in [1.807, 2.05) is 34.5 Å². The summed E-state index contributed by atoms with van der Waals surface area (Å²) in [6.07, 6.45) is 0. The average Bonchev–Trinajstić information content (AvgIpc) is 2.67. The molecule has 0 N–H and O–H groups in total. The molecule has 139 valence electrons. The molecule has 0 saturated carbocycles. The topological polar surface area (TPSA) is 0 Å². The van der Waals surface area contributed by atoms with Crippen molar-refractivity contribution >= 4 is 12.7 Å². The van der Waals surface area contributed by atoms with Gasteiger partial charge in [-0.2, -0.15) is 0 Å². The van der Waals surface area contributed by atoms with Gasteiger partial charge in [0.15, 0.2) is 0 Å². The molecule has 1 radical (unpaired) electrons. The SMILES string of the molecule is CC.CC.C[B]c1ccc(C)cc1.Cc1c(C)c(C)c(C)c(C)c1C. The first-order chi connectivity index (χ1) is 11.8. The van der Waals surface area contributed by atoms with Gasteiger partial charge in [0, 0.05) is 0 Å². The highest BCUT2D eigenvalue weighted by molar-refractivity contribution is 6.51. The molecule has 0 bridgehead atoms. The van der Waals surface area contributed by atoms with Crippen LogP contribution in [-0.4, -0.2) is 7.28 Å². The average molecular weight is 339 g/mol. The van der Waals surface area contributed by atoms with Crippen LogP contribution in [0.5, 0.6) is 0 Å². The number of aryl methyl sites for hydroxylation is 1. The highest BCUT2D eigenvalue weighted by Crippen LogP contribution is 2.24. The normalized spacial score (nSPS) is 8.80. The van der Waals surface area contributed by atoms with E-state index in [9.17, 15) is 0 Å². The van der Waals surface area contributed by atoms with Crippen molar-refractivity contribution in [2.45, 2.75) is 83.0 Å². The Morgan fingerprint density at radius 2 is 0.720 bits per heavy atom. The summed E-state index contributed by atoms with van der Waals surface area (Å²) in [5.41, 5.74) is 11.3. The van der Waals surface area contributed by atoms with E-state index >= 15 is 0 Å². The predicted molar refractivity (Wildman–Crippen MR) is 120 cm³/mol. The van der Waals surface area contributed by atoms with Gasteiger partial charge in [0.1, 0.15) is 7.28 Å². The fraction of sp³-hybridized carbons (Fsp3) is 0.500. The van der Waals surface area contributed by atoms with Crippen LogP contribution in [0.3, 0.4) is 0 Å². The molecule has 0 aliphatic heterocycles. The molecule has 2 aromatic carbocycles. The summed E-state index contributed by atoms with van der Waals surface area (Å²) in [4.78, 5) is 0. The molecule has 0 fully saturated rings. The molecule has 0 saturated heterocycles. The lowest BCUT2D eigenvalue weighted by molar-refractivity contribution is 1.13. The summed E-state index contributed by atoms with van der Waals surface area (Å²) in [5, 5.41) is 0. The zero-order valence-electron chi connectivity index (χ0n) is 18.9. The van der Waals surface area contributed by atoms with Gasteiger partial charge in [-0.3, -0.25) is 0 Å². The quantitative estimate of drug-likeness (QED) is 0.493. The monoisotopic (exact) mass is 339 g/mol. The summed E-state index contributed by atoms with van der Waals surface area (Å²) in [6.45, 7) is 25.4. The smallest absolute Gasteiger partial charge is 0.0881 e. The molecule has 0 nitrogen and oxygen atoms in total. The molecule has 2 aromatic rings. The molecule has 0 amide bonds. The predicted octanol–water partition coefficient (Wildman–Crippen LogP) is 6.96. The van der Waals surface area contributed by atoms with Crippen molar-refractivity contribution in [2.24, 2.45) is 0 Å². The molecular weight excluding hydrogens is 299 g/mol. The lowest BCUT2D eigenvalue weighted by Gasteiger charge is -2.15. The highest BCUT2D eigenvalue weighted by Gasteiger charge is 2.07. The summed E-state index contributed by atoms with van der Waals surface area (Å²) in [7, 11) is 2.10. The molecule has 0 spiro atoms. The number of hydrogen-bond donors (Lipinski definition) is 0. The molecule has 2 rings (SSSR count). The van der Waals surface area contributed by atoms with Crippen molar-refractivity contribution < 1.29 is 0 Å². The molecular formula is C24H40B. The summed E-state index contributed by atoms with van der Waals surface area (Å²) < 4.78 is 0. The second kappa shape index (κ2) is 13.8. The Morgan fingerprint density at radius 3 is 0.920 bits per heavy atom. The number of benzene rings is 2. The van der Waals surface area contributed by atoms with E-state index in [0.717, 1.165) is 0 Å². The Morgan fingerprint density at radius 1 is 0.480 bits per heavy atom. The van der Waals surface area contributed by atoms with Gasteiger partial charge >= 0.3 is 0 Å². The standard InChI is InChI=1S/C12H18.C8H10B.2C2H6/c1-7-8(2)10(4)12(6)11(5)9(7)3;1-7-3-5-8(9-2)6-4-7;2*1-2/h1-6H3;3-6H,1-2H3;2*1-2H3. The fourth-order valence-electron chi connectivity index (χ4n) is 2.45. The maximum atomic E-state index is 2.21. The van der Waals surface area contributed by atoms with Crippen LogP contribution < -0.4 is 5.46 Å². The van der Waals surface area contributed by atoms with Gasteiger partial charge in [-0.15, -0.1) is 0 Å². The van der Waals surface area contributed by atoms with Gasteiger partial charge in [-0.05, 0) is 81.8 Å². The van der Waals surface area contributed by atoms with Gasteiger partial charge in [0.25, 0.3) is 0 Å². The Balaban J connectivity index is 0. The number of hydrogen-bond acceptors (Lipinski definition) is 0. The zero-order chi connectivity index (χ0) is 20.2. The Labute approximate surface area is 159 Å². The first kappa shape index (κ1) is 25.7. The Hall–Kier alpha value is -1.50. The van der Waals surface area contributed by atoms with E-state index < -0.39 is 0 Å². The molecule has 0 aliphatic rings. The first-order valence-electron chi connectivity index (χ1n) is 9.69. The van der Waals surface area contributed by atoms with Crippen molar-refractivity contribution in [2.75, 3.05) is 0 Å². The molecule has 0 aliphatic carbocycles.